The SMILES string of the molecule is C[C@H](NC1CCCCC1)C(=O)N=C=O. The van der Waals surface area contributed by atoms with E-state index in [-0.39, 0.29) is 6.04 Å². The molecule has 78 valence electrons. The second kappa shape index (κ2) is 5.68. The number of hydrogen-bond donors (Lipinski definition) is 1. The second-order valence-corrected chi connectivity index (χ2v) is 3.76. The average Bonchev–Trinajstić information content (AvgIpc) is 2.19. The smallest absolute Gasteiger partial charge is 0.273 e. The van der Waals surface area contributed by atoms with Crippen molar-refractivity contribution in [3.8, 4) is 0 Å². The predicted molar refractivity (Wildman–Crippen MR) is 52.6 cm³/mol. The lowest BCUT2D eigenvalue weighted by Crippen LogP contribution is -2.41. The van der Waals surface area contributed by atoms with Crippen LogP contribution < -0.4 is 5.32 Å². The first-order chi connectivity index (χ1) is 6.74. The van der Waals surface area contributed by atoms with Crippen LogP contribution in [0.15, 0.2) is 4.99 Å². The lowest BCUT2D eigenvalue weighted by atomic mass is 9.95. The largest absolute Gasteiger partial charge is 0.303 e. The van der Waals surface area contributed by atoms with Gasteiger partial charge in [0.1, 0.15) is 0 Å². The Bertz CT molecular complexity index is 241. The van der Waals surface area contributed by atoms with Gasteiger partial charge in [0.25, 0.3) is 5.91 Å². The summed E-state index contributed by atoms with van der Waals surface area (Å²) in [5.41, 5.74) is 0. The fourth-order valence-electron chi connectivity index (χ4n) is 1.84. The van der Waals surface area contributed by atoms with Gasteiger partial charge in [0.2, 0.25) is 6.08 Å². The number of nitrogens with one attached hydrogen (secondary N) is 1. The Hall–Kier alpha value is -0.990. The molecule has 1 N–H and O–H groups in total. The van der Waals surface area contributed by atoms with Crippen molar-refractivity contribution in [2.75, 3.05) is 0 Å². The summed E-state index contributed by atoms with van der Waals surface area (Å²) in [6.45, 7) is 1.73. The summed E-state index contributed by atoms with van der Waals surface area (Å²) >= 11 is 0. The number of rotatable bonds is 3. The molecule has 0 aliphatic heterocycles. The zero-order chi connectivity index (χ0) is 10.4. The van der Waals surface area contributed by atoms with Crippen molar-refractivity contribution in [1.82, 2.24) is 5.32 Å². The van der Waals surface area contributed by atoms with Crippen LogP contribution in [0.5, 0.6) is 0 Å². The van der Waals surface area contributed by atoms with Crippen molar-refractivity contribution in [2.45, 2.75) is 51.1 Å². The van der Waals surface area contributed by atoms with E-state index in [2.05, 4.69) is 10.3 Å². The second-order valence-electron chi connectivity index (χ2n) is 3.76. The van der Waals surface area contributed by atoms with E-state index in [9.17, 15) is 9.59 Å². The summed E-state index contributed by atoms with van der Waals surface area (Å²) in [6, 6.07) is 0.0455. The van der Waals surface area contributed by atoms with E-state index in [1.54, 1.807) is 6.92 Å². The van der Waals surface area contributed by atoms with Crippen molar-refractivity contribution >= 4 is 12.0 Å². The molecule has 14 heavy (non-hydrogen) atoms. The van der Waals surface area contributed by atoms with E-state index in [4.69, 9.17) is 0 Å². The van der Waals surface area contributed by atoms with Gasteiger partial charge in [0.15, 0.2) is 0 Å². The molecule has 0 aromatic heterocycles. The van der Waals surface area contributed by atoms with Gasteiger partial charge in [-0.15, -0.1) is 4.99 Å². The number of amides is 1. The molecule has 1 aliphatic rings. The van der Waals surface area contributed by atoms with Gasteiger partial charge in [-0.2, -0.15) is 0 Å². The van der Waals surface area contributed by atoms with Gasteiger partial charge in [0, 0.05) is 6.04 Å². The Labute approximate surface area is 83.8 Å². The van der Waals surface area contributed by atoms with Crippen LogP contribution in [0.4, 0.5) is 0 Å². The minimum atomic E-state index is -0.425. The van der Waals surface area contributed by atoms with Crippen molar-refractivity contribution in [3.63, 3.8) is 0 Å². The normalized spacial score (nSPS) is 19.8. The Kier molecular flexibility index (Phi) is 4.50. The minimum Gasteiger partial charge on any atom is -0.303 e. The number of aliphatic imine (C=N–C) groups is 1. The molecular formula is C10H16N2O2. The maximum atomic E-state index is 11.1. The van der Waals surface area contributed by atoms with Gasteiger partial charge in [-0.25, -0.2) is 4.79 Å². The molecule has 0 aromatic rings. The highest BCUT2D eigenvalue weighted by Crippen LogP contribution is 2.17. The quantitative estimate of drug-likeness (QED) is 0.544. The molecule has 1 aliphatic carbocycles. The molecule has 1 rings (SSSR count). The third kappa shape index (κ3) is 3.40. The summed E-state index contributed by atoms with van der Waals surface area (Å²) in [4.78, 5) is 24.1. The van der Waals surface area contributed by atoms with E-state index < -0.39 is 5.91 Å². The highest BCUT2D eigenvalue weighted by atomic mass is 16.2. The highest BCUT2D eigenvalue weighted by molar-refractivity contribution is 5.85. The van der Waals surface area contributed by atoms with Gasteiger partial charge in [-0.1, -0.05) is 19.3 Å². The summed E-state index contributed by atoms with van der Waals surface area (Å²) in [7, 11) is 0. The maximum absolute atomic E-state index is 11.1. The molecule has 1 fully saturated rings. The number of carbonyl (C=O) groups is 1. The van der Waals surface area contributed by atoms with E-state index >= 15 is 0 Å². The highest BCUT2D eigenvalue weighted by Gasteiger charge is 2.19. The monoisotopic (exact) mass is 196 g/mol. The molecule has 0 heterocycles. The van der Waals surface area contributed by atoms with Crippen molar-refractivity contribution < 1.29 is 9.59 Å². The van der Waals surface area contributed by atoms with E-state index in [1.165, 1.54) is 25.3 Å². The molecule has 4 nitrogen and oxygen atoms in total. The molecule has 0 aromatic carbocycles. The fourth-order valence-corrected chi connectivity index (χ4v) is 1.84. The summed E-state index contributed by atoms with van der Waals surface area (Å²) in [5.74, 6) is -0.425. The molecule has 0 radical (unpaired) electrons. The van der Waals surface area contributed by atoms with Crippen LogP contribution in [0.2, 0.25) is 0 Å². The topological polar surface area (TPSA) is 58.5 Å². The van der Waals surface area contributed by atoms with E-state index in [0.29, 0.717) is 6.04 Å². The molecule has 0 spiro atoms. The fraction of sp³-hybridized carbons (Fsp3) is 0.800. The van der Waals surface area contributed by atoms with Crippen LogP contribution in [-0.2, 0) is 9.59 Å². The maximum Gasteiger partial charge on any atom is 0.273 e. The van der Waals surface area contributed by atoms with Crippen molar-refractivity contribution in [3.05, 3.63) is 0 Å². The zero-order valence-corrected chi connectivity index (χ0v) is 8.45. The van der Waals surface area contributed by atoms with Crippen LogP contribution >= 0.6 is 0 Å². The van der Waals surface area contributed by atoms with Gasteiger partial charge in [0.05, 0.1) is 6.04 Å². The van der Waals surface area contributed by atoms with Crippen LogP contribution in [-0.4, -0.2) is 24.1 Å². The molecule has 0 bridgehead atoms. The van der Waals surface area contributed by atoms with Crippen molar-refractivity contribution in [1.29, 1.82) is 0 Å². The zero-order valence-electron chi connectivity index (χ0n) is 8.45. The lowest BCUT2D eigenvalue weighted by molar-refractivity contribution is -0.119. The van der Waals surface area contributed by atoms with Gasteiger partial charge in [-0.3, -0.25) is 4.79 Å². The summed E-state index contributed by atoms with van der Waals surface area (Å²) in [5, 5.41) is 3.18. The molecule has 1 atom stereocenters. The first-order valence-electron chi connectivity index (χ1n) is 5.12. The first kappa shape index (κ1) is 11.1. The molecule has 1 amide bonds. The predicted octanol–water partition coefficient (Wildman–Crippen LogP) is 1.16. The average molecular weight is 196 g/mol. The molecule has 0 saturated heterocycles. The molecular weight excluding hydrogens is 180 g/mol. The Morgan fingerprint density at radius 2 is 2.07 bits per heavy atom. The van der Waals surface area contributed by atoms with E-state index in [0.717, 1.165) is 12.8 Å². The van der Waals surface area contributed by atoms with Gasteiger partial charge in [-0.05, 0) is 19.8 Å². The minimum absolute atomic E-state index is 0.362. The number of isocyanates is 1. The summed E-state index contributed by atoms with van der Waals surface area (Å²) in [6.07, 6.45) is 7.22. The van der Waals surface area contributed by atoms with E-state index in [1.807, 2.05) is 0 Å². The van der Waals surface area contributed by atoms with Gasteiger partial charge < -0.3 is 5.32 Å². The number of nitrogens with zero attached hydrogens (tertiary/aromatic N) is 1. The number of carbonyl (C=O) groups excluding carboxylic acids is 2. The Balaban J connectivity index is 2.34. The number of hydrogen-bond acceptors (Lipinski definition) is 3. The molecule has 1 saturated carbocycles. The van der Waals surface area contributed by atoms with Crippen LogP contribution in [0.1, 0.15) is 39.0 Å². The van der Waals surface area contributed by atoms with Crippen LogP contribution in [0.25, 0.3) is 0 Å². The van der Waals surface area contributed by atoms with Crippen LogP contribution in [0, 0.1) is 0 Å². The van der Waals surface area contributed by atoms with Crippen LogP contribution in [0.3, 0.4) is 0 Å². The molecule has 0 unspecified atom stereocenters. The first-order valence-corrected chi connectivity index (χ1v) is 5.12. The lowest BCUT2D eigenvalue weighted by Gasteiger charge is -2.24. The third-order valence-electron chi connectivity index (χ3n) is 2.62. The standard InChI is InChI=1S/C10H16N2O2/c1-8(10(14)11-7-13)12-9-5-3-2-4-6-9/h8-9,12H,2-6H2,1H3/t8-/m0/s1. The van der Waals surface area contributed by atoms with Crippen molar-refractivity contribution in [2.24, 2.45) is 4.99 Å². The Morgan fingerprint density at radius 3 is 2.64 bits per heavy atom. The van der Waals surface area contributed by atoms with Gasteiger partial charge >= 0.3 is 0 Å². The Morgan fingerprint density at radius 1 is 1.43 bits per heavy atom. The summed E-state index contributed by atoms with van der Waals surface area (Å²) < 4.78 is 0. The molecule has 4 heteroatoms. The third-order valence-corrected chi connectivity index (χ3v) is 2.62.